The van der Waals surface area contributed by atoms with Crippen molar-refractivity contribution in [2.75, 3.05) is 13.1 Å². The normalized spacial score (nSPS) is 21.0. The zero-order chi connectivity index (χ0) is 14.5. The molecule has 1 aromatic rings. The average Bonchev–Trinajstić information content (AvgIpc) is 2.87. The molecule has 0 spiro atoms. The van der Waals surface area contributed by atoms with Crippen LogP contribution in [-0.4, -0.2) is 24.0 Å². The van der Waals surface area contributed by atoms with Crippen molar-refractivity contribution in [1.29, 1.82) is 0 Å². The van der Waals surface area contributed by atoms with E-state index in [9.17, 15) is 0 Å². The quantitative estimate of drug-likeness (QED) is 0.858. The Hall–Kier alpha value is -0.800. The highest BCUT2D eigenvalue weighted by molar-refractivity contribution is 5.12. The third-order valence-corrected chi connectivity index (χ3v) is 4.67. The second-order valence-electron chi connectivity index (χ2n) is 6.23. The number of nitrogens with zero attached hydrogens (tertiary/aromatic N) is 1. The highest BCUT2D eigenvalue weighted by Gasteiger charge is 2.31. The number of nitrogens with two attached hydrogens (primary N) is 1. The van der Waals surface area contributed by atoms with E-state index in [0.29, 0.717) is 0 Å². The van der Waals surface area contributed by atoms with Crippen LogP contribution in [0.25, 0.3) is 0 Å². The van der Waals surface area contributed by atoms with E-state index in [1.807, 2.05) is 6.92 Å². The summed E-state index contributed by atoms with van der Waals surface area (Å²) < 4.78 is 5.87. The van der Waals surface area contributed by atoms with Gasteiger partial charge in [-0.2, -0.15) is 0 Å². The Morgan fingerprint density at radius 2 is 2.00 bits per heavy atom. The van der Waals surface area contributed by atoms with Gasteiger partial charge >= 0.3 is 0 Å². The van der Waals surface area contributed by atoms with Crippen LogP contribution < -0.4 is 5.73 Å². The van der Waals surface area contributed by atoms with Gasteiger partial charge in [-0.1, -0.05) is 26.7 Å². The van der Waals surface area contributed by atoms with Crippen molar-refractivity contribution in [3.63, 3.8) is 0 Å². The lowest BCUT2D eigenvalue weighted by atomic mass is 9.90. The van der Waals surface area contributed by atoms with Crippen molar-refractivity contribution in [2.24, 2.45) is 11.7 Å². The molecule has 1 aliphatic heterocycles. The third kappa shape index (κ3) is 3.64. The van der Waals surface area contributed by atoms with Gasteiger partial charge < -0.3 is 10.2 Å². The summed E-state index contributed by atoms with van der Waals surface area (Å²) in [6.45, 7) is 8.77. The number of furan rings is 1. The van der Waals surface area contributed by atoms with Crippen LogP contribution >= 0.6 is 0 Å². The molecule has 1 fully saturated rings. The maximum Gasteiger partial charge on any atom is 0.122 e. The van der Waals surface area contributed by atoms with Gasteiger partial charge in [0.2, 0.25) is 0 Å². The van der Waals surface area contributed by atoms with Crippen molar-refractivity contribution in [2.45, 2.75) is 65.0 Å². The van der Waals surface area contributed by atoms with Crippen LogP contribution in [0.3, 0.4) is 0 Å². The Morgan fingerprint density at radius 1 is 1.30 bits per heavy atom. The molecule has 3 nitrogen and oxygen atoms in total. The van der Waals surface area contributed by atoms with E-state index in [1.54, 1.807) is 0 Å². The number of rotatable bonds is 6. The predicted octanol–water partition coefficient (Wildman–Crippen LogP) is 3.88. The maximum atomic E-state index is 6.38. The average molecular weight is 278 g/mol. The molecule has 0 aliphatic carbocycles. The van der Waals surface area contributed by atoms with Crippen LogP contribution in [0.15, 0.2) is 16.5 Å². The lowest BCUT2D eigenvalue weighted by Crippen LogP contribution is -2.44. The number of hydrogen-bond donors (Lipinski definition) is 1. The lowest BCUT2D eigenvalue weighted by Gasteiger charge is -2.39. The van der Waals surface area contributed by atoms with E-state index in [1.165, 1.54) is 25.7 Å². The summed E-state index contributed by atoms with van der Waals surface area (Å²) in [7, 11) is 0. The molecule has 2 rings (SSSR count). The first-order valence-electron chi connectivity index (χ1n) is 8.21. The van der Waals surface area contributed by atoms with E-state index in [4.69, 9.17) is 10.2 Å². The van der Waals surface area contributed by atoms with Crippen molar-refractivity contribution in [1.82, 2.24) is 4.90 Å². The zero-order valence-corrected chi connectivity index (χ0v) is 13.3. The molecule has 1 saturated heterocycles. The lowest BCUT2D eigenvalue weighted by molar-refractivity contribution is 0.0970. The molecule has 0 radical (unpaired) electrons. The Bertz CT molecular complexity index is 393. The fourth-order valence-corrected chi connectivity index (χ4v) is 3.43. The molecule has 2 unspecified atom stereocenters. The number of aryl methyl sites for hydroxylation is 1. The molecule has 2 atom stereocenters. The predicted molar refractivity (Wildman–Crippen MR) is 83.7 cm³/mol. The molecular formula is C17H30N2O. The van der Waals surface area contributed by atoms with Crippen LogP contribution in [0.5, 0.6) is 0 Å². The van der Waals surface area contributed by atoms with Gasteiger partial charge in [0.25, 0.3) is 0 Å². The minimum Gasteiger partial charge on any atom is -0.465 e. The van der Waals surface area contributed by atoms with Gasteiger partial charge in [0, 0.05) is 6.04 Å². The molecule has 0 amide bonds. The van der Waals surface area contributed by atoms with E-state index < -0.39 is 0 Å². The number of hydrogen-bond acceptors (Lipinski definition) is 3. The van der Waals surface area contributed by atoms with Gasteiger partial charge in [0.05, 0.1) is 6.04 Å². The van der Waals surface area contributed by atoms with Crippen LogP contribution in [0.4, 0.5) is 0 Å². The fraction of sp³-hybridized carbons (Fsp3) is 0.765. The minimum atomic E-state index is 0.156. The molecule has 0 aromatic carbocycles. The van der Waals surface area contributed by atoms with Gasteiger partial charge in [-0.05, 0) is 57.3 Å². The van der Waals surface area contributed by atoms with Gasteiger partial charge in [-0.25, -0.2) is 0 Å². The van der Waals surface area contributed by atoms with Crippen LogP contribution in [-0.2, 0) is 0 Å². The highest BCUT2D eigenvalue weighted by atomic mass is 16.3. The largest absolute Gasteiger partial charge is 0.465 e. The molecule has 1 aromatic heterocycles. The smallest absolute Gasteiger partial charge is 0.122 e. The van der Waals surface area contributed by atoms with Gasteiger partial charge in [0.15, 0.2) is 0 Å². The van der Waals surface area contributed by atoms with Gasteiger partial charge in [0.1, 0.15) is 11.5 Å². The summed E-state index contributed by atoms with van der Waals surface area (Å²) in [5.74, 6) is 2.94. The first kappa shape index (κ1) is 15.6. The Balaban J connectivity index is 2.05. The number of piperidine rings is 1. The summed E-state index contributed by atoms with van der Waals surface area (Å²) in [6.07, 6.45) is 6.28. The van der Waals surface area contributed by atoms with E-state index in [2.05, 4.69) is 30.9 Å². The topological polar surface area (TPSA) is 42.4 Å². The van der Waals surface area contributed by atoms with Gasteiger partial charge in [-0.3, -0.25) is 4.90 Å². The first-order chi connectivity index (χ1) is 9.65. The third-order valence-electron chi connectivity index (χ3n) is 4.67. The highest BCUT2D eigenvalue weighted by Crippen LogP contribution is 2.32. The molecule has 0 saturated carbocycles. The van der Waals surface area contributed by atoms with Crippen molar-refractivity contribution in [3.8, 4) is 0 Å². The molecule has 1 aliphatic rings. The second kappa shape index (κ2) is 7.28. The SMILES string of the molecule is CCCC1CCN(C(c2ccc(C)o2)C(N)CC)CC1. The van der Waals surface area contributed by atoms with Crippen LogP contribution in [0.1, 0.15) is 63.5 Å². The minimum absolute atomic E-state index is 0.156. The summed E-state index contributed by atoms with van der Waals surface area (Å²) >= 11 is 0. The summed E-state index contributed by atoms with van der Waals surface area (Å²) in [5, 5.41) is 0. The van der Waals surface area contributed by atoms with E-state index in [0.717, 1.165) is 36.9 Å². The van der Waals surface area contributed by atoms with Crippen LogP contribution in [0.2, 0.25) is 0 Å². The number of likely N-dealkylation sites (tertiary alicyclic amines) is 1. The van der Waals surface area contributed by atoms with E-state index >= 15 is 0 Å². The fourth-order valence-electron chi connectivity index (χ4n) is 3.43. The molecule has 3 heteroatoms. The van der Waals surface area contributed by atoms with Crippen molar-refractivity contribution in [3.05, 3.63) is 23.7 Å². The summed E-state index contributed by atoms with van der Waals surface area (Å²) in [6, 6.07) is 4.56. The standard InChI is InChI=1S/C17H30N2O/c1-4-6-14-9-11-19(12-10-14)17(15(18)5-2)16-8-7-13(3)20-16/h7-8,14-15,17H,4-6,9-12,18H2,1-3H3. The Kier molecular flexibility index (Phi) is 5.67. The van der Waals surface area contributed by atoms with E-state index in [-0.39, 0.29) is 12.1 Å². The molecule has 114 valence electrons. The zero-order valence-electron chi connectivity index (χ0n) is 13.3. The van der Waals surface area contributed by atoms with Gasteiger partial charge in [-0.15, -0.1) is 0 Å². The first-order valence-corrected chi connectivity index (χ1v) is 8.21. The molecular weight excluding hydrogens is 248 g/mol. The Labute approximate surface area is 123 Å². The van der Waals surface area contributed by atoms with Crippen LogP contribution in [0, 0.1) is 12.8 Å². The summed E-state index contributed by atoms with van der Waals surface area (Å²) in [5.41, 5.74) is 6.38. The van der Waals surface area contributed by atoms with Crippen molar-refractivity contribution >= 4 is 0 Å². The monoisotopic (exact) mass is 278 g/mol. The second-order valence-corrected chi connectivity index (χ2v) is 6.23. The molecule has 0 bridgehead atoms. The molecule has 20 heavy (non-hydrogen) atoms. The molecule has 2 heterocycles. The maximum absolute atomic E-state index is 6.38. The molecule has 2 N–H and O–H groups in total. The summed E-state index contributed by atoms with van der Waals surface area (Å²) in [4.78, 5) is 2.54. The van der Waals surface area contributed by atoms with Crippen molar-refractivity contribution < 1.29 is 4.42 Å². The Morgan fingerprint density at radius 3 is 2.50 bits per heavy atom.